The summed E-state index contributed by atoms with van der Waals surface area (Å²) in [6.45, 7) is 3.55. The number of ether oxygens (including phenoxy) is 1. The lowest BCUT2D eigenvalue weighted by Gasteiger charge is -2.56. The van der Waals surface area contributed by atoms with E-state index in [9.17, 15) is 13.2 Å². The average Bonchev–Trinajstić information content (AvgIpc) is 3.35. The van der Waals surface area contributed by atoms with Gasteiger partial charge in [0.2, 0.25) is 0 Å². The molecule has 2 aliphatic heterocycles. The Labute approximate surface area is 254 Å². The Balaban J connectivity index is 1.06. The molecule has 0 spiro atoms. The van der Waals surface area contributed by atoms with Gasteiger partial charge in [0.1, 0.15) is 11.3 Å². The number of halogens is 3. The summed E-state index contributed by atoms with van der Waals surface area (Å²) in [6.07, 6.45) is 5.27. The number of H-pyrrole nitrogens is 1. The zero-order valence-corrected chi connectivity index (χ0v) is 24.5. The third-order valence-electron chi connectivity index (χ3n) is 9.85. The second kappa shape index (κ2) is 10.6. The van der Waals surface area contributed by atoms with Gasteiger partial charge in [-0.1, -0.05) is 48.5 Å². The second-order valence-corrected chi connectivity index (χ2v) is 12.5. The molecule has 3 aliphatic rings. The SMILES string of the molecule is Cc1ccc(C(F)(F)F)nc1-c1ccc(-c2c[nH]c3ncc(-c4ccc5c(c4)CC[C@@H](N4C6COCC4C6)CC5)cc23)cc1. The minimum Gasteiger partial charge on any atom is -0.378 e. The maximum Gasteiger partial charge on any atom is 0.433 e. The smallest absolute Gasteiger partial charge is 0.378 e. The molecule has 44 heavy (non-hydrogen) atoms. The van der Waals surface area contributed by atoms with Gasteiger partial charge < -0.3 is 9.72 Å². The number of hydrogen-bond donors (Lipinski definition) is 1. The minimum absolute atomic E-state index is 0.338. The molecule has 5 heterocycles. The summed E-state index contributed by atoms with van der Waals surface area (Å²) in [6, 6.07) is 21.0. The summed E-state index contributed by atoms with van der Waals surface area (Å²) < 4.78 is 45.6. The molecule has 0 saturated carbocycles. The Bertz CT molecular complexity index is 1850. The first-order chi connectivity index (χ1) is 21.3. The van der Waals surface area contributed by atoms with Crippen LogP contribution >= 0.6 is 0 Å². The quantitative estimate of drug-likeness (QED) is 0.214. The van der Waals surface area contributed by atoms with E-state index in [-0.39, 0.29) is 0 Å². The lowest BCUT2D eigenvalue weighted by molar-refractivity contribution is -0.148. The first-order valence-electron chi connectivity index (χ1n) is 15.4. The maximum absolute atomic E-state index is 13.3. The van der Waals surface area contributed by atoms with Crippen LogP contribution in [-0.4, -0.2) is 51.2 Å². The van der Waals surface area contributed by atoms with E-state index in [4.69, 9.17) is 9.72 Å². The molecule has 2 aromatic carbocycles. The molecule has 3 aromatic heterocycles. The van der Waals surface area contributed by atoms with Crippen molar-refractivity contribution in [3.8, 4) is 33.5 Å². The molecule has 5 aromatic rings. The van der Waals surface area contributed by atoms with Crippen molar-refractivity contribution in [2.45, 2.75) is 63.3 Å². The molecule has 2 bridgehead atoms. The van der Waals surface area contributed by atoms with Crippen molar-refractivity contribution in [2.24, 2.45) is 0 Å². The van der Waals surface area contributed by atoms with Crippen molar-refractivity contribution >= 4 is 11.0 Å². The van der Waals surface area contributed by atoms with Gasteiger partial charge in [0.05, 0.1) is 18.9 Å². The third kappa shape index (κ3) is 4.81. The third-order valence-corrected chi connectivity index (χ3v) is 9.85. The van der Waals surface area contributed by atoms with Crippen LogP contribution in [0.2, 0.25) is 0 Å². The highest BCUT2D eigenvalue weighted by atomic mass is 19.4. The molecule has 1 aliphatic carbocycles. The van der Waals surface area contributed by atoms with Gasteiger partial charge in [0, 0.05) is 52.6 Å². The van der Waals surface area contributed by atoms with E-state index in [1.807, 2.05) is 36.7 Å². The Kier molecular flexibility index (Phi) is 6.61. The largest absolute Gasteiger partial charge is 0.433 e. The maximum atomic E-state index is 13.3. The number of pyridine rings is 2. The molecular formula is C36H33F3N4O. The Morgan fingerprint density at radius 2 is 1.55 bits per heavy atom. The van der Waals surface area contributed by atoms with E-state index in [1.54, 1.807) is 6.92 Å². The molecule has 0 amide bonds. The van der Waals surface area contributed by atoms with Gasteiger partial charge in [0.15, 0.2) is 0 Å². The summed E-state index contributed by atoms with van der Waals surface area (Å²) in [5.41, 5.74) is 8.68. The normalized spacial score (nSPS) is 22.0. The van der Waals surface area contributed by atoms with E-state index in [2.05, 4.69) is 39.1 Å². The van der Waals surface area contributed by atoms with Crippen LogP contribution in [0, 0.1) is 6.92 Å². The summed E-state index contributed by atoms with van der Waals surface area (Å²) in [5, 5.41) is 1.00. The molecule has 8 heteroatoms. The van der Waals surface area contributed by atoms with E-state index in [0.29, 0.717) is 34.9 Å². The molecule has 0 radical (unpaired) electrons. The highest BCUT2D eigenvalue weighted by Gasteiger charge is 2.45. The van der Waals surface area contributed by atoms with Crippen molar-refractivity contribution in [3.05, 3.63) is 95.4 Å². The number of aromatic nitrogens is 3. The summed E-state index contributed by atoms with van der Waals surface area (Å²) in [4.78, 5) is 14.7. The van der Waals surface area contributed by atoms with Crippen molar-refractivity contribution in [2.75, 3.05) is 13.2 Å². The average molecular weight is 595 g/mol. The van der Waals surface area contributed by atoms with Gasteiger partial charge >= 0.3 is 6.18 Å². The topological polar surface area (TPSA) is 54.0 Å². The molecule has 2 unspecified atom stereocenters. The van der Waals surface area contributed by atoms with Crippen LogP contribution in [0.15, 0.2) is 73.1 Å². The number of rotatable bonds is 4. The van der Waals surface area contributed by atoms with E-state index in [1.165, 1.54) is 42.0 Å². The lowest BCUT2D eigenvalue weighted by Crippen LogP contribution is -2.66. The van der Waals surface area contributed by atoms with Crippen LogP contribution in [-0.2, 0) is 23.8 Å². The zero-order chi connectivity index (χ0) is 30.0. The van der Waals surface area contributed by atoms with Gasteiger partial charge in [-0.25, -0.2) is 9.97 Å². The fourth-order valence-corrected chi connectivity index (χ4v) is 7.52. The molecular weight excluding hydrogens is 561 g/mol. The molecule has 2 saturated heterocycles. The lowest BCUT2D eigenvalue weighted by atomic mass is 9.87. The van der Waals surface area contributed by atoms with Gasteiger partial charge in [-0.15, -0.1) is 0 Å². The van der Waals surface area contributed by atoms with Crippen LogP contribution in [0.25, 0.3) is 44.5 Å². The number of morpholine rings is 1. The fourth-order valence-electron chi connectivity index (χ4n) is 7.52. The van der Waals surface area contributed by atoms with Crippen molar-refractivity contribution < 1.29 is 17.9 Å². The van der Waals surface area contributed by atoms with Gasteiger partial charge in [-0.3, -0.25) is 4.90 Å². The van der Waals surface area contributed by atoms with Gasteiger partial charge in [-0.2, -0.15) is 13.2 Å². The molecule has 2 fully saturated rings. The van der Waals surface area contributed by atoms with Crippen LogP contribution in [0.5, 0.6) is 0 Å². The highest BCUT2D eigenvalue weighted by molar-refractivity contribution is 5.96. The van der Waals surface area contributed by atoms with E-state index < -0.39 is 11.9 Å². The Morgan fingerprint density at radius 1 is 0.818 bits per heavy atom. The summed E-state index contributed by atoms with van der Waals surface area (Å²) in [5.74, 6) is 0. The van der Waals surface area contributed by atoms with Crippen LogP contribution in [0.3, 0.4) is 0 Å². The van der Waals surface area contributed by atoms with Crippen LogP contribution in [0.1, 0.15) is 41.6 Å². The number of aromatic amines is 1. The summed E-state index contributed by atoms with van der Waals surface area (Å²) >= 11 is 0. The number of fused-ring (bicyclic) bond motifs is 4. The minimum atomic E-state index is -4.49. The number of benzene rings is 2. The standard InChI is InChI=1S/C36H33F3N4O/c1-21-2-13-33(36(37,38)39)42-34(21)24-6-4-23(5-7-24)32-18-41-35-31(32)15-27(17-40-35)26-8-3-22-9-11-28(12-10-25(22)14-26)43-29-16-30(43)20-44-19-29/h2-8,13-15,17-18,28-30H,9-12,16,19-20H2,1H3,(H,40,41)/t28-,29?,30?/m0/s1. The fraction of sp³-hybridized carbons (Fsp3) is 0.333. The van der Waals surface area contributed by atoms with E-state index >= 15 is 0 Å². The number of aryl methyl sites for hydroxylation is 3. The zero-order valence-electron chi connectivity index (χ0n) is 24.5. The summed E-state index contributed by atoms with van der Waals surface area (Å²) in [7, 11) is 0. The van der Waals surface area contributed by atoms with Crippen molar-refractivity contribution in [1.82, 2.24) is 19.9 Å². The van der Waals surface area contributed by atoms with Gasteiger partial charge in [0.25, 0.3) is 0 Å². The molecule has 224 valence electrons. The Morgan fingerprint density at radius 3 is 2.30 bits per heavy atom. The monoisotopic (exact) mass is 594 g/mol. The van der Waals surface area contributed by atoms with E-state index in [0.717, 1.165) is 59.8 Å². The van der Waals surface area contributed by atoms with Crippen LogP contribution in [0.4, 0.5) is 13.2 Å². The van der Waals surface area contributed by atoms with Crippen molar-refractivity contribution in [3.63, 3.8) is 0 Å². The molecule has 5 nitrogen and oxygen atoms in total. The number of hydrogen-bond acceptors (Lipinski definition) is 4. The van der Waals surface area contributed by atoms with Gasteiger partial charge in [-0.05, 0) is 79.0 Å². The predicted molar refractivity (Wildman–Crippen MR) is 165 cm³/mol. The Hall–Kier alpha value is -4.01. The number of nitrogens with zero attached hydrogens (tertiary/aromatic N) is 3. The number of nitrogens with one attached hydrogen (secondary N) is 1. The molecule has 1 N–H and O–H groups in total. The first-order valence-corrected chi connectivity index (χ1v) is 15.4. The van der Waals surface area contributed by atoms with Crippen molar-refractivity contribution in [1.29, 1.82) is 0 Å². The highest BCUT2D eigenvalue weighted by Crippen LogP contribution is 2.39. The first kappa shape index (κ1) is 27.5. The molecule has 8 rings (SSSR count). The predicted octanol–water partition coefficient (Wildman–Crippen LogP) is 8.01. The molecule has 3 atom stereocenters. The second-order valence-electron chi connectivity index (χ2n) is 12.5. The van der Waals surface area contributed by atoms with Crippen LogP contribution < -0.4 is 0 Å². The number of alkyl halides is 3.